The first-order valence-corrected chi connectivity index (χ1v) is 17.1. The molecule has 0 fully saturated rings. The van der Waals surface area contributed by atoms with Gasteiger partial charge >= 0.3 is 131 Å². The number of hydrogen-bond acceptors (Lipinski definition) is 0. The molecule has 0 saturated heterocycles. The van der Waals surface area contributed by atoms with Crippen LogP contribution in [-0.4, -0.2) is 5.92 Å². The summed E-state index contributed by atoms with van der Waals surface area (Å²) in [5.74, 6) is -0.563. The van der Waals surface area contributed by atoms with Crippen molar-refractivity contribution in [2.75, 3.05) is 0 Å². The van der Waals surface area contributed by atoms with Gasteiger partial charge in [0.25, 0.3) is 0 Å². The first-order chi connectivity index (χ1) is 9.77. The van der Waals surface area contributed by atoms with Crippen molar-refractivity contribution in [1.29, 1.82) is 0 Å². The van der Waals surface area contributed by atoms with E-state index in [-0.39, 0.29) is 24.8 Å². The molecule has 3 rings (SSSR count). The molecule has 0 spiro atoms. The normalized spacial score (nSPS) is 15.7. The van der Waals surface area contributed by atoms with Gasteiger partial charge in [0.15, 0.2) is 0 Å². The summed E-state index contributed by atoms with van der Waals surface area (Å²) in [6, 6.07) is 11.0. The summed E-state index contributed by atoms with van der Waals surface area (Å²) in [5, 5.41) is 0. The molecule has 22 heavy (non-hydrogen) atoms. The van der Waals surface area contributed by atoms with Crippen molar-refractivity contribution in [2.24, 2.45) is 0 Å². The quantitative estimate of drug-likeness (QED) is 0.531. The van der Waals surface area contributed by atoms with Crippen LogP contribution in [-0.2, 0) is 20.9 Å². The molecule has 0 saturated carbocycles. The third-order valence-corrected chi connectivity index (χ3v) is 23.3. The second kappa shape index (κ2) is 9.23. The summed E-state index contributed by atoms with van der Waals surface area (Å²) in [5.41, 5.74) is 2.99. The number of rotatable bonds is 4. The molecule has 0 aromatic heterocycles. The summed E-state index contributed by atoms with van der Waals surface area (Å²) in [6.07, 6.45) is 14.3. The Morgan fingerprint density at radius 2 is 1.68 bits per heavy atom. The van der Waals surface area contributed by atoms with Crippen LogP contribution >= 0.6 is 0 Å². The monoisotopic (exact) mass is 425 g/mol. The van der Waals surface area contributed by atoms with Gasteiger partial charge in [-0.3, -0.25) is 0 Å². The molecule has 2 aliphatic rings. The fraction of sp³-hybridized carbons (Fsp3) is 0.222. The maximum absolute atomic E-state index is 2.57. The predicted octanol–water partition coefficient (Wildman–Crippen LogP) is -1.19. The van der Waals surface area contributed by atoms with E-state index in [1.807, 2.05) is 6.56 Å². The van der Waals surface area contributed by atoms with E-state index < -0.39 is 26.8 Å². The van der Waals surface area contributed by atoms with Gasteiger partial charge in [0, 0.05) is 0 Å². The van der Waals surface area contributed by atoms with Crippen LogP contribution in [0.1, 0.15) is 18.4 Å². The Balaban J connectivity index is 0.00000121. The predicted molar refractivity (Wildman–Crippen MR) is 87.8 cm³/mol. The molecule has 0 N–H and O–H groups in total. The molecule has 115 valence electrons. The fourth-order valence-electron chi connectivity index (χ4n) is 3.21. The Bertz CT molecular complexity index is 615. The van der Waals surface area contributed by atoms with Crippen LogP contribution in [0.15, 0.2) is 67.3 Å². The van der Waals surface area contributed by atoms with Crippen LogP contribution in [0, 0.1) is 0 Å². The van der Waals surface area contributed by atoms with Crippen molar-refractivity contribution >= 4 is 11.5 Å². The molecular weight excluding hydrogens is 406 g/mol. The molecule has 0 amide bonds. The molecule has 0 nitrogen and oxygen atoms in total. The van der Waals surface area contributed by atoms with E-state index in [4.69, 9.17) is 0 Å². The maximum atomic E-state index is 2.57. The molecule has 0 unspecified atom stereocenters. The molecule has 0 atom stereocenters. The Morgan fingerprint density at radius 1 is 0.955 bits per heavy atom. The van der Waals surface area contributed by atoms with E-state index >= 15 is 0 Å². The Morgan fingerprint density at radius 3 is 2.27 bits per heavy atom. The van der Waals surface area contributed by atoms with Crippen LogP contribution in [0.2, 0.25) is 13.1 Å². The van der Waals surface area contributed by atoms with Gasteiger partial charge in [-0.25, -0.2) is 0 Å². The molecule has 0 aliphatic heterocycles. The summed E-state index contributed by atoms with van der Waals surface area (Å²) in [6.45, 7) is 5.14. The average molecular weight is 428 g/mol. The molecule has 0 radical (unpaired) electrons. The van der Waals surface area contributed by atoms with Crippen molar-refractivity contribution < 1.29 is 45.7 Å². The van der Waals surface area contributed by atoms with Gasteiger partial charge in [0.05, 0.1) is 0 Å². The molecule has 4 heteroatoms. The molecule has 1 aromatic carbocycles. The van der Waals surface area contributed by atoms with Crippen LogP contribution in [0.5, 0.6) is 0 Å². The Kier molecular flexibility index (Phi) is 8.35. The number of halogens is 2. The minimum Gasteiger partial charge on any atom is -1.00 e. The van der Waals surface area contributed by atoms with Gasteiger partial charge in [0.1, 0.15) is 0 Å². The Hall–Kier alpha value is -0.140. The largest absolute Gasteiger partial charge is 1.00 e. The number of hydrogen-bond donors (Lipinski definition) is 0. The smallest absolute Gasteiger partial charge is 1.00 e. The minimum atomic E-state index is -1.55. The van der Waals surface area contributed by atoms with Gasteiger partial charge in [-0.15, -0.1) is 0 Å². The van der Waals surface area contributed by atoms with Crippen molar-refractivity contribution in [1.82, 2.24) is 0 Å². The first kappa shape index (κ1) is 19.9. The zero-order valence-electron chi connectivity index (χ0n) is 13.0. The summed E-state index contributed by atoms with van der Waals surface area (Å²) in [4.78, 5) is 0. The zero-order chi connectivity index (χ0) is 13.9. The van der Waals surface area contributed by atoms with Gasteiger partial charge < -0.3 is 24.8 Å². The van der Waals surface area contributed by atoms with Crippen molar-refractivity contribution in [3.8, 4) is 0 Å². The maximum Gasteiger partial charge on any atom is -1.00 e. The van der Waals surface area contributed by atoms with E-state index in [0.29, 0.717) is 0 Å². The first-order valence-electron chi connectivity index (χ1n) is 7.46. The SMILES string of the molecule is C[SiH](C)[Zr+2]([C]1=CC=CC1)[C]1=C(c2ccccc2)C=CC1.[Cl-].[Cl-]. The number of benzene rings is 1. The molecular formula is C18H21Cl2SiZr. The topological polar surface area (TPSA) is 0 Å². The summed E-state index contributed by atoms with van der Waals surface area (Å²) in [7, 11) is 0. The van der Waals surface area contributed by atoms with E-state index in [2.05, 4.69) is 73.8 Å². The summed E-state index contributed by atoms with van der Waals surface area (Å²) < 4.78 is 3.69. The fourth-order valence-corrected chi connectivity index (χ4v) is 22.7. The summed E-state index contributed by atoms with van der Waals surface area (Å²) >= 11 is -1.55. The third-order valence-electron chi connectivity index (χ3n) is 4.04. The van der Waals surface area contributed by atoms with Gasteiger partial charge in [-0.2, -0.15) is 0 Å². The van der Waals surface area contributed by atoms with E-state index in [1.165, 1.54) is 18.4 Å². The molecule has 0 bridgehead atoms. The third kappa shape index (κ3) is 4.23. The average Bonchev–Trinajstić information content (AvgIpc) is 3.11. The molecule has 1 aromatic rings. The molecule has 2 aliphatic carbocycles. The van der Waals surface area contributed by atoms with Gasteiger partial charge in [-0.05, 0) is 0 Å². The van der Waals surface area contributed by atoms with Gasteiger partial charge in [-0.1, -0.05) is 0 Å². The van der Waals surface area contributed by atoms with Gasteiger partial charge in [0.2, 0.25) is 0 Å². The standard InChI is InChI=1S/C11H9.C5H5.C2H7Si.2ClH.Zr/c1-2-6-10(7-3-1)11-8-4-5-9-11;1-2-4-5-3-1;1-3-2;;;/h1-4,6-8H,5H2;1-3H,4H2;3H,1-2H3;2*1H;/q;;;;;+2/p-2. The van der Waals surface area contributed by atoms with Crippen LogP contribution < -0.4 is 24.8 Å². The van der Waals surface area contributed by atoms with E-state index in [9.17, 15) is 0 Å². The second-order valence-corrected chi connectivity index (χ2v) is 25.1. The van der Waals surface area contributed by atoms with Crippen LogP contribution in [0.4, 0.5) is 0 Å². The van der Waals surface area contributed by atoms with E-state index in [0.717, 1.165) is 0 Å². The van der Waals surface area contributed by atoms with Crippen molar-refractivity contribution in [2.45, 2.75) is 25.9 Å². The van der Waals surface area contributed by atoms with E-state index in [1.54, 1.807) is 5.57 Å². The molecule has 0 heterocycles. The zero-order valence-corrected chi connectivity index (χ0v) is 18.1. The minimum absolute atomic E-state index is 0. The Labute approximate surface area is 155 Å². The number of allylic oxidation sites excluding steroid dienone is 8. The van der Waals surface area contributed by atoms with Crippen molar-refractivity contribution in [3.63, 3.8) is 0 Å². The second-order valence-electron chi connectivity index (χ2n) is 5.76. The van der Waals surface area contributed by atoms with Crippen LogP contribution in [0.3, 0.4) is 0 Å². The van der Waals surface area contributed by atoms with Crippen LogP contribution in [0.25, 0.3) is 5.57 Å². The van der Waals surface area contributed by atoms with Crippen molar-refractivity contribution in [3.05, 3.63) is 72.8 Å².